The predicted molar refractivity (Wildman–Crippen MR) is 104 cm³/mol. The number of hydrogen-bond donors (Lipinski definition) is 2. The molecule has 0 aliphatic heterocycles. The van der Waals surface area contributed by atoms with Gasteiger partial charge >= 0.3 is 5.63 Å². The summed E-state index contributed by atoms with van der Waals surface area (Å²) in [5.41, 5.74) is 0.782. The Labute approximate surface area is 156 Å². The molecular weight excluding hydrogens is 366 g/mol. The monoisotopic (exact) mass is 384 g/mol. The van der Waals surface area contributed by atoms with Crippen molar-refractivity contribution in [2.45, 2.75) is 19.3 Å². The highest BCUT2D eigenvalue weighted by Crippen LogP contribution is 2.36. The minimum Gasteiger partial charge on any atom is -0.507 e. The fraction of sp³-hybridized carbons (Fsp3) is 0.150. The standard InChI is InChI=1S/C20H18NO5S/c1-3-15(13-8-7-9-14(12-13)21-27(24,25)4-2)18-19(22)16-10-5-6-11-17(16)26-20(18)23/h2,4-12,15,21-22H,3H2,1H3. The van der Waals surface area contributed by atoms with Gasteiger partial charge in [-0.3, -0.25) is 4.72 Å². The molecule has 1 unspecified atom stereocenters. The third-order valence-electron chi connectivity index (χ3n) is 4.30. The van der Waals surface area contributed by atoms with Gasteiger partial charge < -0.3 is 9.52 Å². The molecule has 0 aliphatic rings. The molecule has 0 fully saturated rings. The summed E-state index contributed by atoms with van der Waals surface area (Å²) in [5, 5.41) is 11.7. The topological polar surface area (TPSA) is 96.6 Å². The van der Waals surface area contributed by atoms with E-state index in [1.54, 1.807) is 48.5 Å². The number of benzene rings is 2. The molecule has 0 bridgehead atoms. The van der Waals surface area contributed by atoms with Crippen molar-refractivity contribution in [2.75, 3.05) is 4.72 Å². The molecule has 0 aliphatic carbocycles. The van der Waals surface area contributed by atoms with Crippen LogP contribution in [-0.4, -0.2) is 13.5 Å². The molecule has 139 valence electrons. The van der Waals surface area contributed by atoms with Crippen LogP contribution in [0.2, 0.25) is 0 Å². The van der Waals surface area contributed by atoms with Crippen molar-refractivity contribution < 1.29 is 17.9 Å². The van der Waals surface area contributed by atoms with E-state index in [9.17, 15) is 18.3 Å². The Kier molecular flexibility index (Phi) is 5.05. The summed E-state index contributed by atoms with van der Waals surface area (Å²) in [5.74, 6) is -0.604. The molecule has 1 atom stereocenters. The minimum atomic E-state index is -3.76. The van der Waals surface area contributed by atoms with Gasteiger partial charge in [0.05, 0.1) is 16.4 Å². The first-order chi connectivity index (χ1) is 12.9. The molecule has 1 heterocycles. The van der Waals surface area contributed by atoms with E-state index >= 15 is 0 Å². The van der Waals surface area contributed by atoms with E-state index in [-0.39, 0.29) is 11.3 Å². The van der Waals surface area contributed by atoms with E-state index in [2.05, 4.69) is 4.72 Å². The second-order valence-corrected chi connectivity index (χ2v) is 7.58. The van der Waals surface area contributed by atoms with Crippen LogP contribution in [0.4, 0.5) is 5.69 Å². The summed E-state index contributed by atoms with van der Waals surface area (Å²) in [6, 6.07) is 13.3. The quantitative estimate of drug-likeness (QED) is 0.631. The van der Waals surface area contributed by atoms with E-state index in [1.165, 1.54) is 0 Å². The summed E-state index contributed by atoms with van der Waals surface area (Å²) >= 11 is 0. The fourth-order valence-electron chi connectivity index (χ4n) is 3.08. The molecule has 1 aromatic heterocycles. The van der Waals surface area contributed by atoms with Crippen molar-refractivity contribution in [1.29, 1.82) is 0 Å². The van der Waals surface area contributed by atoms with Crippen LogP contribution in [-0.2, 0) is 10.0 Å². The molecule has 3 rings (SSSR count). The number of anilines is 1. The van der Waals surface area contributed by atoms with Crippen molar-refractivity contribution in [3.8, 4) is 5.75 Å². The molecule has 0 amide bonds. The van der Waals surface area contributed by atoms with Gasteiger partial charge in [0, 0.05) is 11.6 Å². The van der Waals surface area contributed by atoms with Crippen LogP contribution in [0.1, 0.15) is 30.4 Å². The number of hydrogen-bond acceptors (Lipinski definition) is 5. The number of fused-ring (bicyclic) bond motifs is 1. The lowest BCUT2D eigenvalue weighted by atomic mass is 9.88. The lowest BCUT2D eigenvalue weighted by Crippen LogP contribution is -2.14. The third-order valence-corrected chi connectivity index (χ3v) is 5.18. The normalized spacial score (nSPS) is 12.6. The van der Waals surface area contributed by atoms with E-state index in [0.717, 1.165) is 0 Å². The lowest BCUT2D eigenvalue weighted by Gasteiger charge is -2.18. The lowest BCUT2D eigenvalue weighted by molar-refractivity contribution is 0.450. The van der Waals surface area contributed by atoms with Crippen molar-refractivity contribution in [3.63, 3.8) is 0 Å². The molecular formula is C20H18NO5S. The summed E-state index contributed by atoms with van der Waals surface area (Å²) in [6.45, 7) is 6.96. The van der Waals surface area contributed by atoms with E-state index < -0.39 is 21.6 Å². The zero-order chi connectivity index (χ0) is 19.6. The molecule has 1 radical (unpaired) electrons. The summed E-state index contributed by atoms with van der Waals surface area (Å²) < 4.78 is 31.0. The van der Waals surface area contributed by atoms with Crippen LogP contribution in [0.5, 0.6) is 5.75 Å². The fourth-order valence-corrected chi connectivity index (χ4v) is 3.60. The Bertz CT molecular complexity index is 1160. The van der Waals surface area contributed by atoms with Crippen LogP contribution < -0.4 is 10.3 Å². The molecule has 7 heteroatoms. The zero-order valence-corrected chi connectivity index (χ0v) is 15.4. The van der Waals surface area contributed by atoms with Gasteiger partial charge in [-0.15, -0.1) is 0 Å². The maximum Gasteiger partial charge on any atom is 0.343 e. The average Bonchev–Trinajstić information content (AvgIpc) is 2.65. The van der Waals surface area contributed by atoms with Crippen LogP contribution in [0.3, 0.4) is 0 Å². The van der Waals surface area contributed by atoms with Crippen molar-refractivity contribution in [3.05, 3.63) is 82.1 Å². The van der Waals surface area contributed by atoms with Gasteiger partial charge in [-0.1, -0.05) is 31.2 Å². The maximum atomic E-state index is 12.5. The number of nitrogens with one attached hydrogen (secondary N) is 1. The molecule has 3 aromatic rings. The SMILES string of the molecule is [CH]=CS(=O)(=O)Nc1cccc(C(CC)c2c(O)c3ccccc3oc2=O)c1. The minimum absolute atomic E-state index is 0.130. The Balaban J connectivity index is 2.13. The van der Waals surface area contributed by atoms with Gasteiger partial charge in [-0.2, -0.15) is 0 Å². The molecule has 0 saturated heterocycles. The second kappa shape index (κ2) is 7.28. The van der Waals surface area contributed by atoms with Gasteiger partial charge in [-0.05, 0) is 42.8 Å². The summed E-state index contributed by atoms with van der Waals surface area (Å²) in [6.07, 6.45) is 0.496. The van der Waals surface area contributed by atoms with Crippen LogP contribution in [0.15, 0.2) is 63.2 Å². The molecule has 0 saturated carbocycles. The molecule has 0 spiro atoms. The second-order valence-electron chi connectivity index (χ2n) is 6.02. The van der Waals surface area contributed by atoms with Gasteiger partial charge in [-0.25, -0.2) is 13.2 Å². The molecule has 6 nitrogen and oxygen atoms in total. The summed E-state index contributed by atoms with van der Waals surface area (Å²) in [4.78, 5) is 12.5. The molecule has 2 aromatic carbocycles. The Morgan fingerprint density at radius 1 is 1.22 bits per heavy atom. The number of sulfonamides is 1. The molecule has 27 heavy (non-hydrogen) atoms. The third kappa shape index (κ3) is 3.73. The van der Waals surface area contributed by atoms with Crippen molar-refractivity contribution >= 4 is 26.7 Å². The Morgan fingerprint density at radius 3 is 2.67 bits per heavy atom. The number of rotatable bonds is 6. The maximum absolute atomic E-state index is 12.5. The Hall–Kier alpha value is -3.06. The first-order valence-corrected chi connectivity index (χ1v) is 9.83. The summed E-state index contributed by atoms with van der Waals surface area (Å²) in [7, 11) is -3.76. The zero-order valence-electron chi connectivity index (χ0n) is 14.5. The average molecular weight is 384 g/mol. The highest BCUT2D eigenvalue weighted by molar-refractivity contribution is 7.95. The molecule has 2 N–H and O–H groups in total. The van der Waals surface area contributed by atoms with E-state index in [1.807, 2.05) is 6.92 Å². The van der Waals surface area contributed by atoms with Crippen LogP contribution in [0, 0.1) is 6.58 Å². The highest BCUT2D eigenvalue weighted by atomic mass is 32.2. The number of para-hydroxylation sites is 1. The van der Waals surface area contributed by atoms with Gasteiger partial charge in [0.2, 0.25) is 0 Å². The van der Waals surface area contributed by atoms with Crippen molar-refractivity contribution in [1.82, 2.24) is 0 Å². The van der Waals surface area contributed by atoms with Crippen LogP contribution in [0.25, 0.3) is 11.0 Å². The predicted octanol–water partition coefficient (Wildman–Crippen LogP) is 3.73. The first-order valence-electron chi connectivity index (χ1n) is 8.28. The van der Waals surface area contributed by atoms with Gasteiger partial charge in [0.1, 0.15) is 11.3 Å². The van der Waals surface area contributed by atoms with E-state index in [4.69, 9.17) is 11.0 Å². The van der Waals surface area contributed by atoms with Crippen LogP contribution >= 0.6 is 0 Å². The smallest absolute Gasteiger partial charge is 0.343 e. The Morgan fingerprint density at radius 2 is 1.96 bits per heavy atom. The van der Waals surface area contributed by atoms with E-state index in [0.29, 0.717) is 34.0 Å². The number of aromatic hydroxyl groups is 1. The van der Waals surface area contributed by atoms with Gasteiger partial charge in [0.25, 0.3) is 10.0 Å². The highest BCUT2D eigenvalue weighted by Gasteiger charge is 2.23. The first kappa shape index (κ1) is 18.7. The largest absolute Gasteiger partial charge is 0.507 e. The van der Waals surface area contributed by atoms with Gasteiger partial charge in [0.15, 0.2) is 0 Å². The van der Waals surface area contributed by atoms with Crippen molar-refractivity contribution in [2.24, 2.45) is 0 Å².